The van der Waals surface area contributed by atoms with E-state index in [0.717, 1.165) is 56.2 Å². The average Bonchev–Trinajstić information content (AvgIpc) is 3.25. The van der Waals surface area contributed by atoms with E-state index < -0.39 is 0 Å². The highest BCUT2D eigenvalue weighted by atomic mass is 16.5. The van der Waals surface area contributed by atoms with Gasteiger partial charge in [0.2, 0.25) is 0 Å². The molecule has 1 aliphatic heterocycles. The van der Waals surface area contributed by atoms with Gasteiger partial charge in [0.25, 0.3) is 5.91 Å². The Kier molecular flexibility index (Phi) is 6.79. The van der Waals surface area contributed by atoms with Gasteiger partial charge in [0.05, 0.1) is 24.6 Å². The summed E-state index contributed by atoms with van der Waals surface area (Å²) in [6, 6.07) is 18.0. The van der Waals surface area contributed by atoms with E-state index in [0.29, 0.717) is 12.2 Å². The Hall–Kier alpha value is -2.96. The number of hydrogen-bond donors (Lipinski definition) is 1. The molecule has 0 spiro atoms. The topological polar surface area (TPSA) is 59.4 Å². The Morgan fingerprint density at radius 2 is 1.81 bits per heavy atom. The maximum Gasteiger partial charge on any atom is 0.270 e. The van der Waals surface area contributed by atoms with Gasteiger partial charge in [0.15, 0.2) is 0 Å². The molecule has 0 unspecified atom stereocenters. The van der Waals surface area contributed by atoms with Crippen LogP contribution in [-0.4, -0.2) is 60.0 Å². The van der Waals surface area contributed by atoms with Crippen molar-refractivity contribution in [3.05, 3.63) is 71.4 Å². The van der Waals surface area contributed by atoms with Crippen LogP contribution in [0.15, 0.2) is 54.6 Å². The van der Waals surface area contributed by atoms with Crippen LogP contribution in [0.3, 0.4) is 0 Å². The van der Waals surface area contributed by atoms with Crippen LogP contribution in [0.25, 0.3) is 16.9 Å². The van der Waals surface area contributed by atoms with Crippen molar-refractivity contribution in [2.75, 3.05) is 39.4 Å². The molecule has 1 N–H and O–H groups in total. The van der Waals surface area contributed by atoms with E-state index in [2.05, 4.69) is 42.3 Å². The van der Waals surface area contributed by atoms with Crippen molar-refractivity contribution in [2.45, 2.75) is 20.3 Å². The van der Waals surface area contributed by atoms with Crippen molar-refractivity contribution < 1.29 is 9.53 Å². The normalized spacial score (nSPS) is 14.5. The fraction of sp³-hybridized carbons (Fsp3) is 0.360. The van der Waals surface area contributed by atoms with Crippen LogP contribution in [0.4, 0.5) is 0 Å². The fourth-order valence-corrected chi connectivity index (χ4v) is 3.77. The first-order valence-corrected chi connectivity index (χ1v) is 10.9. The zero-order chi connectivity index (χ0) is 21.6. The maximum absolute atomic E-state index is 13.1. The minimum atomic E-state index is -0.103. The number of aromatic nitrogens is 2. The molecule has 4 rings (SSSR count). The molecule has 1 aliphatic rings. The van der Waals surface area contributed by atoms with Crippen molar-refractivity contribution in [1.82, 2.24) is 20.0 Å². The quantitative estimate of drug-likeness (QED) is 0.596. The van der Waals surface area contributed by atoms with Gasteiger partial charge < -0.3 is 10.1 Å². The highest BCUT2D eigenvalue weighted by Crippen LogP contribution is 2.24. The number of ether oxygens (including phenoxy) is 1. The van der Waals surface area contributed by atoms with E-state index in [1.165, 1.54) is 11.1 Å². The number of carbonyl (C=O) groups is 1. The molecule has 1 aromatic heterocycles. The molecule has 0 radical (unpaired) electrons. The SMILES string of the molecule is Cc1ccc(-c2cc(C(=O)NCCCN3CCOCC3)n(-c3ccccc3)n2)cc1C. The van der Waals surface area contributed by atoms with E-state index >= 15 is 0 Å². The largest absolute Gasteiger partial charge is 0.379 e. The average molecular weight is 419 g/mol. The number of aryl methyl sites for hydroxylation is 2. The summed E-state index contributed by atoms with van der Waals surface area (Å²) in [5, 5.41) is 7.85. The molecule has 1 saturated heterocycles. The highest BCUT2D eigenvalue weighted by Gasteiger charge is 2.18. The van der Waals surface area contributed by atoms with Crippen LogP contribution < -0.4 is 5.32 Å². The summed E-state index contributed by atoms with van der Waals surface area (Å²) in [4.78, 5) is 15.4. The van der Waals surface area contributed by atoms with Gasteiger partial charge in [-0.3, -0.25) is 9.69 Å². The third-order valence-corrected chi connectivity index (χ3v) is 5.79. The van der Waals surface area contributed by atoms with Gasteiger partial charge in [0, 0.05) is 25.2 Å². The van der Waals surface area contributed by atoms with Gasteiger partial charge in [-0.25, -0.2) is 4.68 Å². The zero-order valence-corrected chi connectivity index (χ0v) is 18.3. The van der Waals surface area contributed by atoms with Crippen molar-refractivity contribution in [3.8, 4) is 16.9 Å². The Morgan fingerprint density at radius 3 is 2.55 bits per heavy atom. The molecule has 2 heterocycles. The summed E-state index contributed by atoms with van der Waals surface area (Å²) in [7, 11) is 0. The molecule has 0 atom stereocenters. The molecule has 3 aromatic rings. The van der Waals surface area contributed by atoms with Gasteiger partial charge in [-0.2, -0.15) is 5.10 Å². The second-order valence-electron chi connectivity index (χ2n) is 8.02. The summed E-state index contributed by atoms with van der Waals surface area (Å²) in [6.45, 7) is 9.31. The molecule has 6 nitrogen and oxygen atoms in total. The standard InChI is InChI=1S/C25H30N4O2/c1-19-9-10-21(17-20(19)2)23-18-24(29(27-23)22-7-4-3-5-8-22)25(30)26-11-6-12-28-13-15-31-16-14-28/h3-5,7-10,17-18H,6,11-16H2,1-2H3,(H,26,30). The summed E-state index contributed by atoms with van der Waals surface area (Å²) in [6.07, 6.45) is 0.912. The first-order valence-electron chi connectivity index (χ1n) is 10.9. The Labute approximate surface area is 183 Å². The number of benzene rings is 2. The zero-order valence-electron chi connectivity index (χ0n) is 18.3. The summed E-state index contributed by atoms with van der Waals surface area (Å²) in [5.41, 5.74) is 5.68. The van der Waals surface area contributed by atoms with E-state index in [9.17, 15) is 4.79 Å². The third kappa shape index (κ3) is 5.21. The minimum Gasteiger partial charge on any atom is -0.379 e. The molecule has 162 valence electrons. The van der Waals surface area contributed by atoms with Crippen molar-refractivity contribution >= 4 is 5.91 Å². The molecule has 2 aromatic carbocycles. The lowest BCUT2D eigenvalue weighted by molar-refractivity contribution is 0.0374. The van der Waals surface area contributed by atoms with E-state index in [-0.39, 0.29) is 5.91 Å². The van der Waals surface area contributed by atoms with Crippen molar-refractivity contribution in [2.24, 2.45) is 0 Å². The third-order valence-electron chi connectivity index (χ3n) is 5.79. The summed E-state index contributed by atoms with van der Waals surface area (Å²) >= 11 is 0. The molecule has 6 heteroatoms. The Morgan fingerprint density at radius 1 is 1.03 bits per heavy atom. The van der Waals surface area contributed by atoms with Crippen LogP contribution in [0.2, 0.25) is 0 Å². The van der Waals surface area contributed by atoms with Crippen molar-refractivity contribution in [1.29, 1.82) is 0 Å². The fourth-order valence-electron chi connectivity index (χ4n) is 3.77. The number of para-hydroxylation sites is 1. The molecule has 0 aliphatic carbocycles. The number of nitrogens with one attached hydrogen (secondary N) is 1. The molecular formula is C25H30N4O2. The summed E-state index contributed by atoms with van der Waals surface area (Å²) < 4.78 is 7.13. The molecule has 31 heavy (non-hydrogen) atoms. The lowest BCUT2D eigenvalue weighted by Crippen LogP contribution is -2.38. The second kappa shape index (κ2) is 9.90. The van der Waals surface area contributed by atoms with E-state index in [1.807, 2.05) is 36.4 Å². The number of carbonyl (C=O) groups excluding carboxylic acids is 1. The summed E-state index contributed by atoms with van der Waals surface area (Å²) in [5.74, 6) is -0.103. The maximum atomic E-state index is 13.1. The van der Waals surface area contributed by atoms with Crippen LogP contribution >= 0.6 is 0 Å². The lowest BCUT2D eigenvalue weighted by Gasteiger charge is -2.26. The first-order chi connectivity index (χ1) is 15.1. The number of morpholine rings is 1. The number of rotatable bonds is 7. The molecule has 1 fully saturated rings. The Balaban J connectivity index is 1.51. The van der Waals surface area contributed by atoms with Gasteiger partial charge >= 0.3 is 0 Å². The van der Waals surface area contributed by atoms with Gasteiger partial charge in [0.1, 0.15) is 5.69 Å². The molecule has 0 bridgehead atoms. The van der Waals surface area contributed by atoms with Crippen molar-refractivity contribution in [3.63, 3.8) is 0 Å². The van der Waals surface area contributed by atoms with Gasteiger partial charge in [-0.15, -0.1) is 0 Å². The monoisotopic (exact) mass is 418 g/mol. The second-order valence-corrected chi connectivity index (χ2v) is 8.02. The Bertz CT molecular complexity index is 1020. The van der Waals surface area contributed by atoms with E-state index in [1.54, 1.807) is 4.68 Å². The van der Waals surface area contributed by atoms with Crippen LogP contribution in [-0.2, 0) is 4.74 Å². The molecule has 1 amide bonds. The predicted molar refractivity (Wildman–Crippen MR) is 123 cm³/mol. The molecule has 0 saturated carbocycles. The number of hydrogen-bond acceptors (Lipinski definition) is 4. The first kappa shape index (κ1) is 21.3. The predicted octanol–water partition coefficient (Wildman–Crippen LogP) is 3.61. The smallest absolute Gasteiger partial charge is 0.270 e. The van der Waals surface area contributed by atoms with Gasteiger partial charge in [-0.05, 0) is 62.2 Å². The van der Waals surface area contributed by atoms with Crippen LogP contribution in [0.1, 0.15) is 28.0 Å². The number of amides is 1. The highest BCUT2D eigenvalue weighted by molar-refractivity contribution is 5.94. The van der Waals surface area contributed by atoms with Crippen LogP contribution in [0, 0.1) is 13.8 Å². The molecular weight excluding hydrogens is 388 g/mol. The van der Waals surface area contributed by atoms with E-state index in [4.69, 9.17) is 9.84 Å². The van der Waals surface area contributed by atoms with Gasteiger partial charge in [-0.1, -0.05) is 30.3 Å². The minimum absolute atomic E-state index is 0.103. The number of nitrogens with zero attached hydrogens (tertiary/aromatic N) is 3. The van der Waals surface area contributed by atoms with Crippen LogP contribution in [0.5, 0.6) is 0 Å². The lowest BCUT2D eigenvalue weighted by atomic mass is 10.0.